The summed E-state index contributed by atoms with van der Waals surface area (Å²) in [5, 5.41) is 9.38. The summed E-state index contributed by atoms with van der Waals surface area (Å²) in [6, 6.07) is 0. The van der Waals surface area contributed by atoms with Gasteiger partial charge in [-0.05, 0) is 19.4 Å². The van der Waals surface area contributed by atoms with Crippen molar-refractivity contribution >= 4 is 0 Å². The Balaban J connectivity index is 1.78. The normalized spacial score (nSPS) is 21.8. The van der Waals surface area contributed by atoms with Crippen LogP contribution in [0, 0.1) is 0 Å². The number of aliphatic hydroxyl groups is 1. The molecule has 1 N–H and O–H groups in total. The first-order valence-electron chi connectivity index (χ1n) is 7.23. The molecule has 1 heterocycles. The van der Waals surface area contributed by atoms with E-state index < -0.39 is 0 Å². The summed E-state index contributed by atoms with van der Waals surface area (Å²) in [5.41, 5.74) is 0. The maximum Gasteiger partial charge on any atom is 0.0679 e. The SMILES string of the molecule is CCCCCCCCCCN1CCC(O)C1. The highest BCUT2D eigenvalue weighted by Gasteiger charge is 2.18. The lowest BCUT2D eigenvalue weighted by Gasteiger charge is -2.14. The molecular formula is C14H29NO. The van der Waals surface area contributed by atoms with Gasteiger partial charge in [-0.3, -0.25) is 0 Å². The van der Waals surface area contributed by atoms with Gasteiger partial charge in [0.2, 0.25) is 0 Å². The summed E-state index contributed by atoms with van der Waals surface area (Å²) in [5.74, 6) is 0. The zero-order chi connectivity index (χ0) is 11.6. The lowest BCUT2D eigenvalue weighted by Crippen LogP contribution is -2.23. The molecule has 0 aromatic rings. The molecule has 1 rings (SSSR count). The molecule has 0 saturated carbocycles. The number of nitrogens with zero attached hydrogens (tertiary/aromatic N) is 1. The largest absolute Gasteiger partial charge is 0.392 e. The van der Waals surface area contributed by atoms with Crippen molar-refractivity contribution < 1.29 is 5.11 Å². The van der Waals surface area contributed by atoms with Crippen LogP contribution in [0.4, 0.5) is 0 Å². The topological polar surface area (TPSA) is 23.5 Å². The predicted octanol–water partition coefficient (Wildman–Crippen LogP) is 3.19. The molecule has 16 heavy (non-hydrogen) atoms. The van der Waals surface area contributed by atoms with Gasteiger partial charge in [-0.2, -0.15) is 0 Å². The van der Waals surface area contributed by atoms with Gasteiger partial charge in [0.25, 0.3) is 0 Å². The fourth-order valence-corrected chi connectivity index (χ4v) is 2.48. The molecule has 96 valence electrons. The number of unbranched alkanes of at least 4 members (excludes halogenated alkanes) is 7. The lowest BCUT2D eigenvalue weighted by atomic mass is 10.1. The van der Waals surface area contributed by atoms with E-state index in [0.29, 0.717) is 0 Å². The smallest absolute Gasteiger partial charge is 0.0679 e. The average Bonchev–Trinajstić information content (AvgIpc) is 2.68. The molecule has 1 saturated heterocycles. The van der Waals surface area contributed by atoms with Crippen LogP contribution in [0.5, 0.6) is 0 Å². The third-order valence-electron chi connectivity index (χ3n) is 3.58. The van der Waals surface area contributed by atoms with E-state index in [1.807, 2.05) is 0 Å². The maximum atomic E-state index is 9.38. The first-order chi connectivity index (χ1) is 7.83. The van der Waals surface area contributed by atoms with Gasteiger partial charge < -0.3 is 10.0 Å². The number of hydrogen-bond donors (Lipinski definition) is 1. The summed E-state index contributed by atoms with van der Waals surface area (Å²) in [6.45, 7) is 5.49. The zero-order valence-electron chi connectivity index (χ0n) is 11.0. The van der Waals surface area contributed by atoms with Crippen molar-refractivity contribution in [3.8, 4) is 0 Å². The van der Waals surface area contributed by atoms with Gasteiger partial charge in [-0.15, -0.1) is 0 Å². The first-order valence-corrected chi connectivity index (χ1v) is 7.23. The molecule has 1 aliphatic rings. The highest BCUT2D eigenvalue weighted by atomic mass is 16.3. The molecule has 0 aliphatic carbocycles. The summed E-state index contributed by atoms with van der Waals surface area (Å²) < 4.78 is 0. The minimum atomic E-state index is -0.0472. The monoisotopic (exact) mass is 227 g/mol. The number of likely N-dealkylation sites (tertiary alicyclic amines) is 1. The second kappa shape index (κ2) is 9.00. The minimum Gasteiger partial charge on any atom is -0.392 e. The summed E-state index contributed by atoms with van der Waals surface area (Å²) in [7, 11) is 0. The van der Waals surface area contributed by atoms with Crippen molar-refractivity contribution in [3.05, 3.63) is 0 Å². The average molecular weight is 227 g/mol. The Morgan fingerprint density at radius 1 is 1.00 bits per heavy atom. The van der Waals surface area contributed by atoms with Crippen LogP contribution in [0.25, 0.3) is 0 Å². The van der Waals surface area contributed by atoms with Crippen LogP contribution in [0.3, 0.4) is 0 Å². The molecule has 0 aromatic heterocycles. The molecule has 1 atom stereocenters. The van der Waals surface area contributed by atoms with E-state index in [2.05, 4.69) is 11.8 Å². The highest BCUT2D eigenvalue weighted by molar-refractivity contribution is 4.73. The molecule has 0 spiro atoms. The Morgan fingerprint density at radius 2 is 1.62 bits per heavy atom. The van der Waals surface area contributed by atoms with Crippen molar-refractivity contribution in [1.29, 1.82) is 0 Å². The van der Waals surface area contributed by atoms with Crippen molar-refractivity contribution in [3.63, 3.8) is 0 Å². The second-order valence-corrected chi connectivity index (χ2v) is 5.22. The molecule has 1 aliphatic heterocycles. The molecular weight excluding hydrogens is 198 g/mol. The van der Waals surface area contributed by atoms with Crippen molar-refractivity contribution in [2.45, 2.75) is 70.8 Å². The highest BCUT2D eigenvalue weighted by Crippen LogP contribution is 2.12. The molecule has 0 bridgehead atoms. The van der Waals surface area contributed by atoms with Crippen LogP contribution in [0.1, 0.15) is 64.7 Å². The Bertz CT molecular complexity index is 161. The quantitative estimate of drug-likeness (QED) is 0.611. The number of hydrogen-bond acceptors (Lipinski definition) is 2. The van der Waals surface area contributed by atoms with Gasteiger partial charge >= 0.3 is 0 Å². The molecule has 1 unspecified atom stereocenters. The van der Waals surface area contributed by atoms with E-state index >= 15 is 0 Å². The summed E-state index contributed by atoms with van der Waals surface area (Å²) in [6.07, 6.45) is 12.1. The number of β-amino-alcohol motifs (C(OH)–C–C–N with tert-alkyl or cyclic N) is 1. The van der Waals surface area contributed by atoms with Crippen molar-refractivity contribution in [2.24, 2.45) is 0 Å². The van der Waals surface area contributed by atoms with Gasteiger partial charge in [0, 0.05) is 13.1 Å². The number of rotatable bonds is 9. The third kappa shape index (κ3) is 6.49. The van der Waals surface area contributed by atoms with Gasteiger partial charge in [0.05, 0.1) is 6.10 Å². The van der Waals surface area contributed by atoms with E-state index in [-0.39, 0.29) is 6.10 Å². The van der Waals surface area contributed by atoms with Crippen LogP contribution >= 0.6 is 0 Å². The zero-order valence-corrected chi connectivity index (χ0v) is 11.0. The van der Waals surface area contributed by atoms with Crippen LogP contribution in [0.15, 0.2) is 0 Å². The van der Waals surface area contributed by atoms with Crippen LogP contribution in [0.2, 0.25) is 0 Å². The van der Waals surface area contributed by atoms with Gasteiger partial charge in [0.15, 0.2) is 0 Å². The van der Waals surface area contributed by atoms with E-state index in [1.54, 1.807) is 0 Å². The first kappa shape index (κ1) is 14.0. The standard InChI is InChI=1S/C14H29NO/c1-2-3-4-5-6-7-8-9-11-15-12-10-14(16)13-15/h14,16H,2-13H2,1H3. The fourth-order valence-electron chi connectivity index (χ4n) is 2.48. The Labute approximate surface area is 101 Å². The van der Waals surface area contributed by atoms with E-state index in [0.717, 1.165) is 19.5 Å². The van der Waals surface area contributed by atoms with E-state index in [1.165, 1.54) is 57.9 Å². The Kier molecular flexibility index (Phi) is 7.87. The van der Waals surface area contributed by atoms with Crippen LogP contribution in [-0.4, -0.2) is 35.7 Å². The van der Waals surface area contributed by atoms with Crippen molar-refractivity contribution in [1.82, 2.24) is 4.90 Å². The predicted molar refractivity (Wildman–Crippen MR) is 69.7 cm³/mol. The van der Waals surface area contributed by atoms with E-state index in [4.69, 9.17) is 0 Å². The molecule has 0 aromatic carbocycles. The Morgan fingerprint density at radius 3 is 2.19 bits per heavy atom. The molecule has 2 nitrogen and oxygen atoms in total. The minimum absolute atomic E-state index is 0.0472. The third-order valence-corrected chi connectivity index (χ3v) is 3.58. The van der Waals surface area contributed by atoms with Crippen LogP contribution in [-0.2, 0) is 0 Å². The molecule has 2 heteroatoms. The second-order valence-electron chi connectivity index (χ2n) is 5.22. The number of aliphatic hydroxyl groups excluding tert-OH is 1. The molecule has 0 amide bonds. The molecule has 1 fully saturated rings. The van der Waals surface area contributed by atoms with Gasteiger partial charge in [-0.1, -0.05) is 51.9 Å². The Hall–Kier alpha value is -0.0800. The van der Waals surface area contributed by atoms with Gasteiger partial charge in [0.1, 0.15) is 0 Å². The van der Waals surface area contributed by atoms with Gasteiger partial charge in [-0.25, -0.2) is 0 Å². The van der Waals surface area contributed by atoms with E-state index in [9.17, 15) is 5.11 Å². The summed E-state index contributed by atoms with van der Waals surface area (Å²) >= 11 is 0. The summed E-state index contributed by atoms with van der Waals surface area (Å²) in [4.78, 5) is 2.40. The van der Waals surface area contributed by atoms with Crippen LogP contribution < -0.4 is 0 Å². The maximum absolute atomic E-state index is 9.38. The van der Waals surface area contributed by atoms with Crippen molar-refractivity contribution in [2.75, 3.05) is 19.6 Å². The lowest BCUT2D eigenvalue weighted by molar-refractivity contribution is 0.175. The molecule has 0 radical (unpaired) electrons. The fraction of sp³-hybridized carbons (Fsp3) is 1.00.